The fourth-order valence-electron chi connectivity index (χ4n) is 1.73. The smallest absolute Gasteiger partial charge is 0.326 e. The summed E-state index contributed by atoms with van der Waals surface area (Å²) in [6.45, 7) is 0.304. The molecule has 1 rings (SSSR count). The zero-order valence-electron chi connectivity index (χ0n) is 12.1. The van der Waals surface area contributed by atoms with E-state index in [-0.39, 0.29) is 18.1 Å². The fraction of sp³-hybridized carbons (Fsp3) is 0.467. The van der Waals surface area contributed by atoms with Crippen molar-refractivity contribution in [1.82, 2.24) is 5.32 Å². The molecule has 1 aromatic carbocycles. The lowest BCUT2D eigenvalue weighted by Gasteiger charge is -2.13. The lowest BCUT2D eigenvalue weighted by atomic mass is 10.2. The molecule has 0 saturated heterocycles. The third kappa shape index (κ3) is 7.72. The summed E-state index contributed by atoms with van der Waals surface area (Å²) in [4.78, 5) is 22.7. The number of carbonyl (C=O) groups excluding carboxylic acids is 1. The number of carboxylic acid groups (broad SMARTS) is 1. The number of thioether (sulfide) groups is 1. The molecule has 0 saturated carbocycles. The first-order valence-electron chi connectivity index (χ1n) is 6.76. The van der Waals surface area contributed by atoms with Gasteiger partial charge in [-0.25, -0.2) is 4.79 Å². The van der Waals surface area contributed by atoms with Gasteiger partial charge in [0.25, 0.3) is 0 Å². The Bertz CT molecular complexity index is 439. The van der Waals surface area contributed by atoms with Crippen LogP contribution in [0.15, 0.2) is 30.3 Å². The Kier molecular flexibility index (Phi) is 8.54. The molecule has 6 heteroatoms. The van der Waals surface area contributed by atoms with Crippen LogP contribution in [-0.4, -0.2) is 48.2 Å². The Morgan fingerprint density at radius 2 is 2.05 bits per heavy atom. The number of carbonyl (C=O) groups is 2. The van der Waals surface area contributed by atoms with Crippen molar-refractivity contribution < 1.29 is 19.4 Å². The van der Waals surface area contributed by atoms with E-state index in [0.717, 1.165) is 12.2 Å². The van der Waals surface area contributed by atoms with E-state index in [0.29, 0.717) is 6.61 Å². The summed E-state index contributed by atoms with van der Waals surface area (Å²) in [5, 5.41) is 11.5. The lowest BCUT2D eigenvalue weighted by molar-refractivity contribution is -0.142. The molecule has 116 valence electrons. The van der Waals surface area contributed by atoms with Crippen molar-refractivity contribution in [3.8, 4) is 0 Å². The van der Waals surface area contributed by atoms with Crippen LogP contribution in [0.2, 0.25) is 0 Å². The molecule has 0 radical (unpaired) electrons. The summed E-state index contributed by atoms with van der Waals surface area (Å²) in [7, 11) is 1.50. The van der Waals surface area contributed by atoms with Gasteiger partial charge in [0, 0.05) is 20.1 Å². The molecule has 0 aromatic heterocycles. The minimum absolute atomic E-state index is 0.253. The van der Waals surface area contributed by atoms with Crippen molar-refractivity contribution in [3.63, 3.8) is 0 Å². The highest BCUT2D eigenvalue weighted by Gasteiger charge is 2.19. The molecule has 0 aliphatic heterocycles. The predicted molar refractivity (Wildman–Crippen MR) is 83.5 cm³/mol. The van der Waals surface area contributed by atoms with E-state index in [9.17, 15) is 9.59 Å². The van der Waals surface area contributed by atoms with E-state index in [1.807, 2.05) is 30.3 Å². The van der Waals surface area contributed by atoms with Gasteiger partial charge in [-0.2, -0.15) is 11.8 Å². The van der Waals surface area contributed by atoms with E-state index in [4.69, 9.17) is 9.84 Å². The van der Waals surface area contributed by atoms with Gasteiger partial charge in [-0.1, -0.05) is 30.3 Å². The molecule has 21 heavy (non-hydrogen) atoms. The SMILES string of the molecule is COCCC(NC(=O)CSCCc1ccccc1)C(=O)O. The first-order chi connectivity index (χ1) is 10.1. The molecule has 1 atom stereocenters. The highest BCUT2D eigenvalue weighted by Crippen LogP contribution is 2.07. The highest BCUT2D eigenvalue weighted by molar-refractivity contribution is 7.99. The number of benzene rings is 1. The largest absolute Gasteiger partial charge is 0.480 e. The van der Waals surface area contributed by atoms with Crippen molar-refractivity contribution in [2.45, 2.75) is 18.9 Å². The van der Waals surface area contributed by atoms with E-state index in [1.165, 1.54) is 24.4 Å². The van der Waals surface area contributed by atoms with Crippen LogP contribution in [0, 0.1) is 0 Å². The minimum atomic E-state index is -1.03. The van der Waals surface area contributed by atoms with Gasteiger partial charge in [-0.15, -0.1) is 0 Å². The number of ether oxygens (including phenoxy) is 1. The normalized spacial score (nSPS) is 11.9. The second kappa shape index (κ2) is 10.2. The van der Waals surface area contributed by atoms with Crippen molar-refractivity contribution in [2.75, 3.05) is 25.2 Å². The van der Waals surface area contributed by atoms with Gasteiger partial charge in [0.15, 0.2) is 0 Å². The Morgan fingerprint density at radius 3 is 2.67 bits per heavy atom. The number of methoxy groups -OCH3 is 1. The summed E-state index contributed by atoms with van der Waals surface area (Å²) in [6, 6.07) is 9.15. The molecular formula is C15H21NO4S. The third-order valence-corrected chi connectivity index (χ3v) is 3.81. The van der Waals surface area contributed by atoms with Crippen LogP contribution in [-0.2, 0) is 20.7 Å². The van der Waals surface area contributed by atoms with Crippen LogP contribution in [0.5, 0.6) is 0 Å². The molecule has 0 bridgehead atoms. The van der Waals surface area contributed by atoms with Gasteiger partial charge in [0.2, 0.25) is 5.91 Å². The predicted octanol–water partition coefficient (Wildman–Crippen LogP) is 1.57. The summed E-state index contributed by atoms with van der Waals surface area (Å²) < 4.78 is 4.83. The zero-order chi connectivity index (χ0) is 15.5. The maximum Gasteiger partial charge on any atom is 0.326 e. The number of amides is 1. The average molecular weight is 311 g/mol. The van der Waals surface area contributed by atoms with E-state index >= 15 is 0 Å². The van der Waals surface area contributed by atoms with Crippen molar-refractivity contribution in [1.29, 1.82) is 0 Å². The van der Waals surface area contributed by atoms with E-state index in [1.54, 1.807) is 0 Å². The maximum atomic E-state index is 11.7. The first kappa shape index (κ1) is 17.5. The van der Waals surface area contributed by atoms with Crippen molar-refractivity contribution in [2.24, 2.45) is 0 Å². The minimum Gasteiger partial charge on any atom is -0.480 e. The zero-order valence-corrected chi connectivity index (χ0v) is 12.9. The Hall–Kier alpha value is -1.53. The molecule has 0 aliphatic rings. The quantitative estimate of drug-likeness (QED) is 0.642. The summed E-state index contributed by atoms with van der Waals surface area (Å²) in [5.41, 5.74) is 1.23. The van der Waals surface area contributed by atoms with Crippen molar-refractivity contribution in [3.05, 3.63) is 35.9 Å². The molecular weight excluding hydrogens is 290 g/mol. The number of carboxylic acids is 1. The highest BCUT2D eigenvalue weighted by atomic mass is 32.2. The number of hydrogen-bond donors (Lipinski definition) is 2. The maximum absolute atomic E-state index is 11.7. The second-order valence-corrected chi connectivity index (χ2v) is 5.63. The van der Waals surface area contributed by atoms with E-state index < -0.39 is 12.0 Å². The monoisotopic (exact) mass is 311 g/mol. The van der Waals surface area contributed by atoms with Crippen LogP contribution < -0.4 is 5.32 Å². The van der Waals surface area contributed by atoms with E-state index in [2.05, 4.69) is 5.32 Å². The van der Waals surface area contributed by atoms with Gasteiger partial charge in [-0.3, -0.25) is 4.79 Å². The third-order valence-electron chi connectivity index (χ3n) is 2.86. The van der Waals surface area contributed by atoms with Crippen LogP contribution in [0.3, 0.4) is 0 Å². The summed E-state index contributed by atoms with van der Waals surface area (Å²) in [5.74, 6) is -0.192. The topological polar surface area (TPSA) is 75.6 Å². The number of aliphatic carboxylic acids is 1. The van der Waals surface area contributed by atoms with Gasteiger partial charge >= 0.3 is 5.97 Å². The van der Waals surface area contributed by atoms with Crippen molar-refractivity contribution >= 4 is 23.6 Å². The van der Waals surface area contributed by atoms with Crippen LogP contribution in [0.1, 0.15) is 12.0 Å². The molecule has 1 aromatic rings. The Balaban J connectivity index is 2.21. The fourth-order valence-corrected chi connectivity index (χ4v) is 2.52. The number of hydrogen-bond acceptors (Lipinski definition) is 4. The number of rotatable bonds is 10. The van der Waals surface area contributed by atoms with Crippen LogP contribution >= 0.6 is 11.8 Å². The number of nitrogens with one attached hydrogen (secondary N) is 1. The van der Waals surface area contributed by atoms with Gasteiger partial charge in [0.05, 0.1) is 5.75 Å². The summed E-state index contributed by atoms with van der Waals surface area (Å²) >= 11 is 1.50. The molecule has 5 nitrogen and oxygen atoms in total. The summed E-state index contributed by atoms with van der Waals surface area (Å²) in [6.07, 6.45) is 1.16. The van der Waals surface area contributed by atoms with Gasteiger partial charge < -0.3 is 15.2 Å². The standard InChI is InChI=1S/C15H21NO4S/c1-20-9-7-13(15(18)19)16-14(17)11-21-10-8-12-5-3-2-4-6-12/h2-6,13H,7-11H2,1H3,(H,16,17)(H,18,19). The van der Waals surface area contributed by atoms with Gasteiger partial charge in [0.1, 0.15) is 6.04 Å². The molecule has 0 fully saturated rings. The number of aryl methyl sites for hydroxylation is 1. The van der Waals surface area contributed by atoms with Gasteiger partial charge in [-0.05, 0) is 17.7 Å². The Morgan fingerprint density at radius 1 is 1.33 bits per heavy atom. The molecule has 0 aliphatic carbocycles. The Labute approximate surface area is 129 Å². The second-order valence-electron chi connectivity index (χ2n) is 4.53. The molecule has 1 unspecified atom stereocenters. The first-order valence-corrected chi connectivity index (χ1v) is 7.91. The van der Waals surface area contributed by atoms with Crippen LogP contribution in [0.25, 0.3) is 0 Å². The average Bonchev–Trinajstić information content (AvgIpc) is 2.48. The molecule has 0 heterocycles. The molecule has 1 amide bonds. The van der Waals surface area contributed by atoms with Crippen LogP contribution in [0.4, 0.5) is 0 Å². The lowest BCUT2D eigenvalue weighted by Crippen LogP contribution is -2.42. The molecule has 0 spiro atoms. The molecule has 2 N–H and O–H groups in total.